The monoisotopic (exact) mass is 240 g/mol. The number of hydrogen-bond donors (Lipinski definition) is 1. The lowest BCUT2D eigenvalue weighted by Crippen LogP contribution is -2.05. The second kappa shape index (κ2) is 4.24. The van der Waals surface area contributed by atoms with Crippen molar-refractivity contribution in [1.29, 1.82) is 0 Å². The van der Waals surface area contributed by atoms with Crippen LogP contribution in [0.2, 0.25) is 0 Å². The lowest BCUT2D eigenvalue weighted by molar-refractivity contribution is -0.137. The number of halogens is 3. The number of hydrogen-bond acceptors (Lipinski definition) is 1. The van der Waals surface area contributed by atoms with Crippen LogP contribution in [0.25, 0.3) is 0 Å². The average molecular weight is 240 g/mol. The van der Waals surface area contributed by atoms with Crippen LogP contribution in [0.5, 0.6) is 0 Å². The fourth-order valence-corrected chi connectivity index (χ4v) is 1.63. The summed E-state index contributed by atoms with van der Waals surface area (Å²) in [6.07, 6.45) is -0.974. The van der Waals surface area contributed by atoms with E-state index in [-0.39, 0.29) is 5.92 Å². The number of benzene rings is 1. The number of nitrogens with zero attached hydrogens (tertiary/aromatic N) is 1. The van der Waals surface area contributed by atoms with Crippen molar-refractivity contribution in [1.82, 2.24) is 9.97 Å². The Labute approximate surface area is 96.5 Å². The molecule has 0 amide bonds. The molecule has 0 aliphatic heterocycles. The van der Waals surface area contributed by atoms with E-state index >= 15 is 0 Å². The summed E-state index contributed by atoms with van der Waals surface area (Å²) < 4.78 is 37.1. The lowest BCUT2D eigenvalue weighted by Gasteiger charge is -2.11. The third kappa shape index (κ3) is 2.49. The minimum Gasteiger partial charge on any atom is -0.348 e. The van der Waals surface area contributed by atoms with Crippen molar-refractivity contribution < 1.29 is 13.2 Å². The van der Waals surface area contributed by atoms with E-state index < -0.39 is 11.7 Å². The van der Waals surface area contributed by atoms with Crippen LogP contribution in [0.4, 0.5) is 13.2 Å². The Morgan fingerprint density at radius 1 is 1.18 bits per heavy atom. The zero-order valence-corrected chi connectivity index (χ0v) is 9.12. The smallest absolute Gasteiger partial charge is 0.348 e. The minimum atomic E-state index is -4.29. The molecule has 2 aromatic rings. The average Bonchev–Trinajstić information content (AvgIpc) is 2.80. The molecule has 17 heavy (non-hydrogen) atoms. The van der Waals surface area contributed by atoms with Gasteiger partial charge in [-0.1, -0.05) is 19.1 Å². The molecule has 0 saturated carbocycles. The Morgan fingerprint density at radius 3 is 2.29 bits per heavy atom. The molecule has 1 unspecified atom stereocenters. The van der Waals surface area contributed by atoms with Gasteiger partial charge in [-0.2, -0.15) is 13.2 Å². The van der Waals surface area contributed by atoms with Crippen LogP contribution in [-0.4, -0.2) is 9.97 Å². The molecule has 2 nitrogen and oxygen atoms in total. The zero-order valence-electron chi connectivity index (χ0n) is 9.12. The van der Waals surface area contributed by atoms with E-state index in [0.717, 1.165) is 23.5 Å². The van der Waals surface area contributed by atoms with Gasteiger partial charge in [0.25, 0.3) is 0 Å². The highest BCUT2D eigenvalue weighted by atomic mass is 19.4. The first-order chi connectivity index (χ1) is 7.98. The molecule has 5 heteroatoms. The summed E-state index contributed by atoms with van der Waals surface area (Å²) in [5.41, 5.74) is 0.167. The van der Waals surface area contributed by atoms with Crippen LogP contribution in [0, 0.1) is 0 Å². The molecule has 1 heterocycles. The van der Waals surface area contributed by atoms with Crippen molar-refractivity contribution in [3.05, 3.63) is 53.6 Å². The maximum absolute atomic E-state index is 12.4. The summed E-state index contributed by atoms with van der Waals surface area (Å²) in [5.74, 6) is 0.692. The molecule has 0 saturated heterocycles. The Kier molecular flexibility index (Phi) is 2.92. The van der Waals surface area contributed by atoms with Crippen LogP contribution in [0.3, 0.4) is 0 Å². The van der Waals surface area contributed by atoms with Gasteiger partial charge in [0.05, 0.1) is 5.56 Å². The van der Waals surface area contributed by atoms with Crippen LogP contribution in [-0.2, 0) is 6.18 Å². The van der Waals surface area contributed by atoms with E-state index in [4.69, 9.17) is 0 Å². The maximum atomic E-state index is 12.4. The first-order valence-electron chi connectivity index (χ1n) is 5.15. The van der Waals surface area contributed by atoms with Gasteiger partial charge in [0.1, 0.15) is 5.82 Å². The van der Waals surface area contributed by atoms with Crippen molar-refractivity contribution in [2.45, 2.75) is 19.0 Å². The molecule has 0 radical (unpaired) electrons. The van der Waals surface area contributed by atoms with Gasteiger partial charge in [-0.3, -0.25) is 0 Å². The number of aromatic nitrogens is 2. The number of aromatic amines is 1. The number of alkyl halides is 3. The third-order valence-electron chi connectivity index (χ3n) is 2.67. The quantitative estimate of drug-likeness (QED) is 0.853. The standard InChI is InChI=1S/C12H11F3N2/c1-8(11-16-6-7-17-11)9-2-4-10(5-3-9)12(13,14)15/h2-8H,1H3,(H,16,17). The molecule has 2 rings (SSSR count). The van der Waals surface area contributed by atoms with E-state index in [0.29, 0.717) is 0 Å². The van der Waals surface area contributed by atoms with E-state index in [1.54, 1.807) is 12.4 Å². The molecule has 1 aromatic carbocycles. The van der Waals surface area contributed by atoms with Crippen LogP contribution in [0.15, 0.2) is 36.7 Å². The molecule has 1 atom stereocenters. The zero-order chi connectivity index (χ0) is 12.5. The van der Waals surface area contributed by atoms with Crippen LogP contribution < -0.4 is 0 Å². The van der Waals surface area contributed by atoms with Gasteiger partial charge in [-0.25, -0.2) is 4.98 Å². The van der Waals surface area contributed by atoms with Gasteiger partial charge in [0.2, 0.25) is 0 Å². The fourth-order valence-electron chi connectivity index (χ4n) is 1.63. The van der Waals surface area contributed by atoms with E-state index in [9.17, 15) is 13.2 Å². The molecule has 0 aliphatic rings. The highest BCUT2D eigenvalue weighted by molar-refractivity contribution is 5.29. The topological polar surface area (TPSA) is 28.7 Å². The van der Waals surface area contributed by atoms with Crippen molar-refractivity contribution in [3.63, 3.8) is 0 Å². The van der Waals surface area contributed by atoms with Crippen LogP contribution >= 0.6 is 0 Å². The fraction of sp³-hybridized carbons (Fsp3) is 0.250. The second-order valence-electron chi connectivity index (χ2n) is 3.82. The minimum absolute atomic E-state index is 0.0488. The summed E-state index contributed by atoms with van der Waals surface area (Å²) in [5, 5.41) is 0. The molecule has 0 aliphatic carbocycles. The normalized spacial score (nSPS) is 13.6. The van der Waals surface area contributed by atoms with Gasteiger partial charge in [0.15, 0.2) is 0 Å². The first-order valence-corrected chi connectivity index (χ1v) is 5.15. The Morgan fingerprint density at radius 2 is 1.82 bits per heavy atom. The molecular formula is C12H11F3N2. The van der Waals surface area contributed by atoms with E-state index in [2.05, 4.69) is 9.97 Å². The molecule has 0 fully saturated rings. The van der Waals surface area contributed by atoms with Gasteiger partial charge in [-0.15, -0.1) is 0 Å². The maximum Gasteiger partial charge on any atom is 0.416 e. The van der Waals surface area contributed by atoms with Crippen LogP contribution in [0.1, 0.15) is 29.8 Å². The second-order valence-corrected chi connectivity index (χ2v) is 3.82. The number of rotatable bonds is 2. The predicted octanol–water partition coefficient (Wildman–Crippen LogP) is 3.58. The Hall–Kier alpha value is -1.78. The Bertz CT molecular complexity index is 471. The number of H-pyrrole nitrogens is 1. The summed E-state index contributed by atoms with van der Waals surface area (Å²) in [6.45, 7) is 1.89. The van der Waals surface area contributed by atoms with Crippen molar-refractivity contribution in [2.24, 2.45) is 0 Å². The highest BCUT2D eigenvalue weighted by Gasteiger charge is 2.30. The SMILES string of the molecule is CC(c1ccc(C(F)(F)F)cc1)c1ncc[nH]1. The van der Waals surface area contributed by atoms with Crippen molar-refractivity contribution in [3.8, 4) is 0 Å². The summed E-state index contributed by atoms with van der Waals surface area (Å²) in [7, 11) is 0. The predicted molar refractivity (Wildman–Crippen MR) is 57.5 cm³/mol. The van der Waals surface area contributed by atoms with E-state index in [1.165, 1.54) is 12.1 Å². The van der Waals surface area contributed by atoms with Gasteiger partial charge in [0, 0.05) is 18.3 Å². The van der Waals surface area contributed by atoms with Gasteiger partial charge >= 0.3 is 6.18 Å². The van der Waals surface area contributed by atoms with Crippen molar-refractivity contribution in [2.75, 3.05) is 0 Å². The lowest BCUT2D eigenvalue weighted by atomic mass is 9.99. The molecule has 90 valence electrons. The summed E-state index contributed by atoms with van der Waals surface area (Å²) >= 11 is 0. The molecular weight excluding hydrogens is 229 g/mol. The molecule has 1 N–H and O–H groups in total. The summed E-state index contributed by atoms with van der Waals surface area (Å²) in [6, 6.07) is 5.15. The molecule has 0 bridgehead atoms. The highest BCUT2D eigenvalue weighted by Crippen LogP contribution is 2.30. The first kappa shape index (κ1) is 11.7. The third-order valence-corrected chi connectivity index (χ3v) is 2.67. The summed E-state index contributed by atoms with van der Waals surface area (Å²) in [4.78, 5) is 7.03. The van der Waals surface area contributed by atoms with Crippen molar-refractivity contribution >= 4 is 0 Å². The van der Waals surface area contributed by atoms with Gasteiger partial charge in [-0.05, 0) is 17.7 Å². The number of nitrogens with one attached hydrogen (secondary N) is 1. The molecule has 0 spiro atoms. The van der Waals surface area contributed by atoms with Gasteiger partial charge < -0.3 is 4.98 Å². The van der Waals surface area contributed by atoms with E-state index in [1.807, 2.05) is 6.92 Å². The molecule has 1 aromatic heterocycles. The largest absolute Gasteiger partial charge is 0.416 e. The Balaban J connectivity index is 2.24. The number of imidazole rings is 1.